The van der Waals surface area contributed by atoms with Gasteiger partial charge in [-0.25, -0.2) is 0 Å². The second-order valence-electron chi connectivity index (χ2n) is 7.56. The van der Waals surface area contributed by atoms with Gasteiger partial charge in [-0.3, -0.25) is 9.35 Å². The first-order valence-corrected chi connectivity index (χ1v) is 10.2. The number of ether oxygens (including phenoxy) is 1. The molecule has 0 radical (unpaired) electrons. The van der Waals surface area contributed by atoms with Crippen LogP contribution >= 0.6 is 0 Å². The van der Waals surface area contributed by atoms with E-state index in [1.54, 1.807) is 0 Å². The molecular formula is C16H26F2O7S. The Morgan fingerprint density at radius 2 is 1.77 bits per heavy atom. The van der Waals surface area contributed by atoms with E-state index >= 15 is 0 Å². The van der Waals surface area contributed by atoms with Crippen molar-refractivity contribution in [3.63, 3.8) is 0 Å². The molecule has 0 aromatic carbocycles. The van der Waals surface area contributed by atoms with Crippen molar-refractivity contribution >= 4 is 16.1 Å². The van der Waals surface area contributed by atoms with E-state index in [1.165, 1.54) is 0 Å². The first kappa shape index (κ1) is 21.5. The number of alkyl halides is 2. The Kier molecular flexibility index (Phi) is 6.02. The minimum Gasteiger partial charge on any atom is -0.428 e. The van der Waals surface area contributed by atoms with Gasteiger partial charge in [-0.1, -0.05) is 13.8 Å². The van der Waals surface area contributed by atoms with E-state index in [9.17, 15) is 32.2 Å². The summed E-state index contributed by atoms with van der Waals surface area (Å²) in [5, 5.41) is 14.7. The van der Waals surface area contributed by atoms with Gasteiger partial charge in [0.2, 0.25) is 0 Å². The number of rotatable bonds is 8. The van der Waals surface area contributed by atoms with Gasteiger partial charge in [-0.15, -0.1) is 0 Å². The van der Waals surface area contributed by atoms with Gasteiger partial charge in [0, 0.05) is 0 Å². The normalized spacial score (nSPS) is 30.4. The van der Waals surface area contributed by atoms with Crippen LogP contribution in [0.5, 0.6) is 0 Å². The maximum absolute atomic E-state index is 13.3. The molecule has 0 saturated heterocycles. The van der Waals surface area contributed by atoms with Crippen molar-refractivity contribution in [2.45, 2.75) is 69.5 Å². The van der Waals surface area contributed by atoms with E-state index in [-0.39, 0.29) is 17.8 Å². The van der Waals surface area contributed by atoms with Crippen LogP contribution in [0.4, 0.5) is 8.78 Å². The van der Waals surface area contributed by atoms with Crippen LogP contribution in [0.15, 0.2) is 0 Å². The molecule has 2 aliphatic rings. The van der Waals surface area contributed by atoms with Gasteiger partial charge < -0.3 is 14.9 Å². The molecule has 2 saturated carbocycles. The Labute approximate surface area is 151 Å². The Morgan fingerprint density at radius 1 is 1.19 bits per heavy atom. The van der Waals surface area contributed by atoms with Crippen molar-refractivity contribution in [1.29, 1.82) is 0 Å². The quantitative estimate of drug-likeness (QED) is 0.323. The molecule has 0 aromatic rings. The fraction of sp³-hybridized carbons (Fsp3) is 0.938. The third-order valence-corrected chi connectivity index (χ3v) is 7.01. The second kappa shape index (κ2) is 7.29. The largest absolute Gasteiger partial charge is 0.430 e. The Hall–Kier alpha value is -0.840. The van der Waals surface area contributed by atoms with Crippen molar-refractivity contribution in [2.75, 3.05) is 0 Å². The van der Waals surface area contributed by atoms with E-state index in [0.29, 0.717) is 38.5 Å². The molecule has 7 nitrogen and oxygen atoms in total. The number of esters is 1. The highest BCUT2D eigenvalue weighted by molar-refractivity contribution is 7.86. The average Bonchev–Trinajstić information content (AvgIpc) is 3.13. The first-order valence-electron chi connectivity index (χ1n) is 8.80. The van der Waals surface area contributed by atoms with E-state index in [0.717, 1.165) is 0 Å². The molecule has 0 aliphatic heterocycles. The van der Waals surface area contributed by atoms with Gasteiger partial charge in [0.15, 0.2) is 0 Å². The fourth-order valence-electron chi connectivity index (χ4n) is 4.35. The lowest BCUT2D eigenvalue weighted by atomic mass is 9.75. The maximum atomic E-state index is 13.3. The molecule has 2 rings (SSSR count). The minimum atomic E-state index is -5.90. The highest BCUT2D eigenvalue weighted by atomic mass is 32.2. The smallest absolute Gasteiger partial charge is 0.428 e. The number of aliphatic hydroxyl groups excluding tert-OH is 1. The Balaban J connectivity index is 1.95. The SMILES string of the molecule is CCC(O)(CC)CC1CC2CC1CC2C(=O)OC(O)C(F)(F)S(=O)(=O)O. The van der Waals surface area contributed by atoms with Crippen molar-refractivity contribution in [3.8, 4) is 0 Å². The number of aliphatic hydroxyl groups is 2. The molecule has 10 heteroatoms. The number of carbonyl (C=O) groups is 1. The number of hydrogen-bond acceptors (Lipinski definition) is 6. The maximum Gasteiger partial charge on any atom is 0.430 e. The van der Waals surface area contributed by atoms with Gasteiger partial charge in [-0.2, -0.15) is 17.2 Å². The van der Waals surface area contributed by atoms with E-state index < -0.39 is 39.2 Å². The highest BCUT2D eigenvalue weighted by Gasteiger charge is 2.56. The zero-order chi connectivity index (χ0) is 19.9. The summed E-state index contributed by atoms with van der Waals surface area (Å²) in [6.45, 7) is 3.82. The third kappa shape index (κ3) is 4.02. The fourth-order valence-corrected chi connectivity index (χ4v) is 4.66. The molecule has 2 aliphatic carbocycles. The lowest BCUT2D eigenvalue weighted by Crippen LogP contribution is -2.45. The summed E-state index contributed by atoms with van der Waals surface area (Å²) < 4.78 is 60.4. The Morgan fingerprint density at radius 3 is 2.19 bits per heavy atom. The van der Waals surface area contributed by atoms with Crippen molar-refractivity contribution in [1.82, 2.24) is 0 Å². The molecule has 26 heavy (non-hydrogen) atoms. The summed E-state index contributed by atoms with van der Waals surface area (Å²) in [6, 6.07) is 0. The van der Waals surface area contributed by atoms with Crippen LogP contribution in [0, 0.1) is 23.7 Å². The number of halogens is 2. The van der Waals surface area contributed by atoms with Crippen molar-refractivity contribution < 1.29 is 41.5 Å². The molecular weight excluding hydrogens is 374 g/mol. The summed E-state index contributed by atoms with van der Waals surface area (Å²) >= 11 is 0. The van der Waals surface area contributed by atoms with Gasteiger partial charge in [-0.05, 0) is 56.3 Å². The molecule has 0 heterocycles. The summed E-state index contributed by atoms with van der Waals surface area (Å²) in [5.74, 6) is -1.51. The summed E-state index contributed by atoms with van der Waals surface area (Å²) in [7, 11) is -5.90. The van der Waals surface area contributed by atoms with Gasteiger partial charge >= 0.3 is 21.3 Å². The van der Waals surface area contributed by atoms with Crippen LogP contribution in [-0.4, -0.2) is 46.3 Å². The summed E-state index contributed by atoms with van der Waals surface area (Å²) in [4.78, 5) is 12.1. The molecule has 152 valence electrons. The number of fused-ring (bicyclic) bond motifs is 2. The average molecular weight is 400 g/mol. The van der Waals surface area contributed by atoms with E-state index in [2.05, 4.69) is 4.74 Å². The van der Waals surface area contributed by atoms with Gasteiger partial charge in [0.05, 0.1) is 11.5 Å². The van der Waals surface area contributed by atoms with Crippen LogP contribution in [-0.2, 0) is 19.6 Å². The topological polar surface area (TPSA) is 121 Å². The summed E-state index contributed by atoms with van der Waals surface area (Å²) in [5.41, 5.74) is -0.751. The van der Waals surface area contributed by atoms with Crippen LogP contribution < -0.4 is 0 Å². The molecule has 2 bridgehead atoms. The monoisotopic (exact) mass is 400 g/mol. The predicted molar refractivity (Wildman–Crippen MR) is 86.6 cm³/mol. The van der Waals surface area contributed by atoms with Crippen molar-refractivity contribution in [2.24, 2.45) is 23.7 Å². The minimum absolute atomic E-state index is 0.109. The van der Waals surface area contributed by atoms with Crippen molar-refractivity contribution in [3.05, 3.63) is 0 Å². The standard InChI is InChI=1S/C16H26F2O7S/c1-3-15(21,4-2)8-11-6-10-5-9(11)7-12(10)13(19)25-14(20)16(17,18)26(22,23)24/h9-12,14,20-21H,3-8H2,1-2H3,(H,22,23,24). The first-order chi connectivity index (χ1) is 11.8. The summed E-state index contributed by atoms with van der Waals surface area (Å²) in [6.07, 6.45) is 0.356. The Bertz CT molecular complexity index is 633. The number of hydrogen-bond donors (Lipinski definition) is 3. The van der Waals surface area contributed by atoms with Gasteiger partial charge in [0.25, 0.3) is 6.29 Å². The second-order valence-corrected chi connectivity index (χ2v) is 9.05. The third-order valence-electron chi connectivity index (χ3n) is 6.12. The van der Waals surface area contributed by atoms with E-state index in [4.69, 9.17) is 4.55 Å². The highest BCUT2D eigenvalue weighted by Crippen LogP contribution is 2.54. The molecule has 5 atom stereocenters. The van der Waals surface area contributed by atoms with Gasteiger partial charge in [0.1, 0.15) is 0 Å². The predicted octanol–water partition coefficient (Wildman–Crippen LogP) is 1.93. The van der Waals surface area contributed by atoms with Crippen LogP contribution in [0.1, 0.15) is 52.4 Å². The van der Waals surface area contributed by atoms with Crippen LogP contribution in [0.2, 0.25) is 0 Å². The molecule has 5 unspecified atom stereocenters. The lowest BCUT2D eigenvalue weighted by Gasteiger charge is -2.34. The van der Waals surface area contributed by atoms with Crippen LogP contribution in [0.25, 0.3) is 0 Å². The molecule has 0 spiro atoms. The van der Waals surface area contributed by atoms with Crippen LogP contribution in [0.3, 0.4) is 0 Å². The molecule has 2 fully saturated rings. The zero-order valence-corrected chi connectivity index (χ0v) is 15.6. The number of carbonyl (C=O) groups excluding carboxylic acids is 1. The molecule has 0 aromatic heterocycles. The zero-order valence-electron chi connectivity index (χ0n) is 14.8. The molecule has 0 amide bonds. The van der Waals surface area contributed by atoms with E-state index in [1.807, 2.05) is 13.8 Å². The molecule has 3 N–H and O–H groups in total. The lowest BCUT2D eigenvalue weighted by molar-refractivity contribution is -0.210.